The van der Waals surface area contributed by atoms with Gasteiger partial charge in [-0.1, -0.05) is 60.7 Å². The summed E-state index contributed by atoms with van der Waals surface area (Å²) in [6, 6.07) is 25.0. The van der Waals surface area contributed by atoms with Gasteiger partial charge in [0, 0.05) is 24.2 Å². The molecule has 7 aromatic rings. The van der Waals surface area contributed by atoms with E-state index in [1.54, 1.807) is 44.2 Å². The lowest BCUT2D eigenvalue weighted by atomic mass is 9.90. The van der Waals surface area contributed by atoms with Gasteiger partial charge in [-0.05, 0) is 66.6 Å². The number of hydrogen-bond acceptors (Lipinski definition) is 8. The van der Waals surface area contributed by atoms with E-state index in [4.69, 9.17) is 15.2 Å². The number of ether oxygens (including phenoxy) is 2. The number of anilines is 1. The molecule has 0 radical (unpaired) electrons. The van der Waals surface area contributed by atoms with Crippen LogP contribution in [-0.4, -0.2) is 49.4 Å². The smallest absolute Gasteiger partial charge is 0.342 e. The zero-order valence-corrected chi connectivity index (χ0v) is 28.4. The number of nitrogen functional groups attached to an aromatic ring is 1. The third-order valence-electron chi connectivity index (χ3n) is 9.17. The molecule has 0 aliphatic carbocycles. The number of phenols is 2. The molecule has 2 heterocycles. The van der Waals surface area contributed by atoms with Crippen molar-refractivity contribution in [3.05, 3.63) is 113 Å². The predicted molar refractivity (Wildman–Crippen MR) is 194 cm³/mol. The first-order chi connectivity index (χ1) is 24.5. The largest absolute Gasteiger partial charge is 0.507 e. The average molecular weight is 686 g/mol. The van der Waals surface area contributed by atoms with Crippen LogP contribution in [0.3, 0.4) is 0 Å². The van der Waals surface area contributed by atoms with Gasteiger partial charge in [-0.2, -0.15) is 0 Å². The Hall–Kier alpha value is -6.20. The van der Waals surface area contributed by atoms with Gasteiger partial charge in [-0.3, -0.25) is 0 Å². The van der Waals surface area contributed by atoms with Crippen LogP contribution in [0.2, 0.25) is 0 Å². The Kier molecular flexibility index (Phi) is 8.44. The minimum atomic E-state index is -1.28. The molecule has 5 aromatic carbocycles. The molecule has 51 heavy (non-hydrogen) atoms. The molecule has 0 aliphatic rings. The zero-order chi connectivity index (χ0) is 36.0. The molecular weight excluding hydrogens is 648 g/mol. The number of carbonyl (C=O) groups excluding carboxylic acids is 1. The van der Waals surface area contributed by atoms with Crippen molar-refractivity contribution in [3.63, 3.8) is 0 Å². The van der Waals surface area contributed by atoms with Crippen LogP contribution in [0.4, 0.5) is 5.82 Å². The maximum atomic E-state index is 14.1. The molecule has 7 rings (SSSR count). The van der Waals surface area contributed by atoms with Crippen LogP contribution < -0.4 is 10.3 Å². The van der Waals surface area contributed by atoms with E-state index in [-0.39, 0.29) is 36.4 Å². The van der Waals surface area contributed by atoms with Crippen LogP contribution in [0.1, 0.15) is 58.4 Å². The van der Waals surface area contributed by atoms with Crippen LogP contribution in [0.15, 0.2) is 84.9 Å². The maximum absolute atomic E-state index is 14.1. The number of pyridine rings is 1. The molecule has 11 heteroatoms. The monoisotopic (exact) mass is 685 g/mol. The number of esters is 1. The van der Waals surface area contributed by atoms with Gasteiger partial charge in [0.05, 0.1) is 10.9 Å². The first kappa shape index (κ1) is 33.3. The Labute approximate surface area is 292 Å². The number of para-hydroxylation sites is 1. The van der Waals surface area contributed by atoms with Gasteiger partial charge < -0.3 is 30.5 Å². The van der Waals surface area contributed by atoms with Gasteiger partial charge in [-0.25, -0.2) is 24.1 Å². The van der Waals surface area contributed by atoms with Crippen LogP contribution in [0.25, 0.3) is 43.5 Å². The standard InChI is InChI=1S/C40H36N4O7/c1-4-50-20-32-43-33-34(26-15-9-10-16-31(26)42-37(33)41)44(32)21-40(2,3)51-39(49)30-18-23-12-6-8-14-25(23)28(36(30)46)19-27-24-13-7-5-11-22(24)17-29(35(27)45)38(47)48/h5-18H,4,19-21H2,1-3H3,(H5,41,42,45,46,47,48,49)/p+1. The molecule has 0 bridgehead atoms. The Morgan fingerprint density at radius 2 is 1.43 bits per heavy atom. The second-order valence-electron chi connectivity index (χ2n) is 13.1. The van der Waals surface area contributed by atoms with E-state index in [2.05, 4.69) is 9.97 Å². The Morgan fingerprint density at radius 3 is 2.06 bits per heavy atom. The number of benzene rings is 5. The van der Waals surface area contributed by atoms with Crippen molar-refractivity contribution in [3.8, 4) is 11.5 Å². The molecule has 11 nitrogen and oxygen atoms in total. The topological polar surface area (TPSA) is 172 Å². The third-order valence-corrected chi connectivity index (χ3v) is 9.17. The quantitative estimate of drug-likeness (QED) is 0.0770. The number of hydrogen-bond donors (Lipinski definition) is 5. The molecule has 0 saturated carbocycles. The number of carbonyl (C=O) groups is 2. The molecule has 0 aliphatic heterocycles. The molecule has 0 fully saturated rings. The van der Waals surface area contributed by atoms with E-state index >= 15 is 0 Å². The molecule has 0 saturated heterocycles. The summed E-state index contributed by atoms with van der Waals surface area (Å²) in [5, 5.41) is 36.2. The van der Waals surface area contributed by atoms with Gasteiger partial charge >= 0.3 is 11.9 Å². The Bertz CT molecular complexity index is 2520. The number of fused-ring (bicyclic) bond motifs is 5. The summed E-state index contributed by atoms with van der Waals surface area (Å²) >= 11 is 0. The van der Waals surface area contributed by atoms with Gasteiger partial charge in [0.15, 0.2) is 11.3 Å². The molecule has 2 aromatic heterocycles. The van der Waals surface area contributed by atoms with E-state index in [0.29, 0.717) is 62.0 Å². The fourth-order valence-electron chi connectivity index (χ4n) is 6.85. The molecule has 258 valence electrons. The molecular formula is C40H37N4O7+. The van der Waals surface area contributed by atoms with Crippen LogP contribution >= 0.6 is 0 Å². The fourth-order valence-corrected chi connectivity index (χ4v) is 6.85. The number of carboxylic acid groups (broad SMARTS) is 1. The van der Waals surface area contributed by atoms with Gasteiger partial charge in [0.25, 0.3) is 5.82 Å². The predicted octanol–water partition coefficient (Wildman–Crippen LogP) is 6.76. The van der Waals surface area contributed by atoms with E-state index in [0.717, 1.165) is 10.9 Å². The number of aromatic hydroxyl groups is 2. The summed E-state index contributed by atoms with van der Waals surface area (Å²) in [6.45, 7) is 6.42. The van der Waals surface area contributed by atoms with E-state index < -0.39 is 23.3 Å². The second-order valence-corrected chi connectivity index (χ2v) is 13.1. The highest BCUT2D eigenvalue weighted by molar-refractivity contribution is 6.05. The lowest BCUT2D eigenvalue weighted by molar-refractivity contribution is -0.692. The first-order valence-corrected chi connectivity index (χ1v) is 16.6. The van der Waals surface area contributed by atoms with Crippen molar-refractivity contribution in [2.75, 3.05) is 12.3 Å². The van der Waals surface area contributed by atoms with Crippen molar-refractivity contribution in [2.24, 2.45) is 0 Å². The molecule has 0 atom stereocenters. The van der Waals surface area contributed by atoms with Crippen LogP contribution in [-0.2, 0) is 29.0 Å². The van der Waals surface area contributed by atoms with Crippen LogP contribution in [0, 0.1) is 0 Å². The number of aromatic amines is 1. The van der Waals surface area contributed by atoms with Gasteiger partial charge in [-0.15, -0.1) is 0 Å². The Morgan fingerprint density at radius 1 is 0.863 bits per heavy atom. The summed E-state index contributed by atoms with van der Waals surface area (Å²) < 4.78 is 13.9. The van der Waals surface area contributed by atoms with E-state index in [1.807, 2.05) is 60.0 Å². The number of aromatic nitrogens is 3. The van der Waals surface area contributed by atoms with Crippen LogP contribution in [0.5, 0.6) is 11.5 Å². The second kappa shape index (κ2) is 12.9. The zero-order valence-electron chi connectivity index (χ0n) is 28.4. The van der Waals surface area contributed by atoms with Crippen molar-refractivity contribution >= 4 is 61.2 Å². The number of nitrogens with two attached hydrogens (primary N) is 1. The minimum absolute atomic E-state index is 0.0567. The molecule has 0 amide bonds. The number of phenolic OH excluding ortho intramolecular Hbond substituents is 1. The molecule has 0 unspecified atom stereocenters. The maximum Gasteiger partial charge on any atom is 0.342 e. The minimum Gasteiger partial charge on any atom is -0.507 e. The lowest BCUT2D eigenvalue weighted by Gasteiger charge is -2.25. The highest BCUT2D eigenvalue weighted by atomic mass is 16.6. The van der Waals surface area contributed by atoms with Crippen molar-refractivity contribution in [1.82, 2.24) is 9.97 Å². The average Bonchev–Trinajstić information content (AvgIpc) is 3.46. The highest BCUT2D eigenvalue weighted by Gasteiger charge is 2.34. The first-order valence-electron chi connectivity index (χ1n) is 16.6. The number of aromatic carboxylic acids is 1. The third kappa shape index (κ3) is 6.01. The molecule has 6 N–H and O–H groups in total. The van der Waals surface area contributed by atoms with Crippen molar-refractivity contribution in [1.29, 1.82) is 0 Å². The highest BCUT2D eigenvalue weighted by Crippen LogP contribution is 2.39. The number of nitrogens with one attached hydrogen (secondary N) is 1. The number of H-pyrrole nitrogens is 1. The number of nitrogens with zero attached hydrogens (tertiary/aromatic N) is 2. The normalized spacial score (nSPS) is 11.9. The summed E-state index contributed by atoms with van der Waals surface area (Å²) in [7, 11) is 0. The Balaban J connectivity index is 1.30. The number of rotatable bonds is 10. The van der Waals surface area contributed by atoms with E-state index in [9.17, 15) is 24.9 Å². The summed E-state index contributed by atoms with van der Waals surface area (Å²) in [5.74, 6) is -1.71. The summed E-state index contributed by atoms with van der Waals surface area (Å²) in [4.78, 5) is 34.1. The number of imidazole rings is 1. The lowest BCUT2D eigenvalue weighted by Crippen LogP contribution is -2.49. The molecule has 0 spiro atoms. The van der Waals surface area contributed by atoms with Crippen molar-refractivity contribution in [2.45, 2.75) is 45.9 Å². The van der Waals surface area contributed by atoms with Gasteiger partial charge in [0.1, 0.15) is 41.4 Å². The van der Waals surface area contributed by atoms with E-state index in [1.165, 1.54) is 6.07 Å². The summed E-state index contributed by atoms with van der Waals surface area (Å²) in [6.07, 6.45) is -0.0567. The fraction of sp³-hybridized carbons (Fsp3) is 0.200. The van der Waals surface area contributed by atoms with Crippen molar-refractivity contribution < 1.29 is 38.9 Å². The number of carboxylic acids is 1. The SMILES string of the molecule is CCOCc1[nH]c2c(N)nc3ccccc3c2[n+]1CC(C)(C)OC(=O)c1cc2ccccc2c(Cc2c(O)c(C(=O)O)cc3ccccc23)c1O. The summed E-state index contributed by atoms with van der Waals surface area (Å²) in [5.41, 5.74) is 7.78. The van der Waals surface area contributed by atoms with Gasteiger partial charge in [0.2, 0.25) is 5.52 Å².